The molecule has 0 saturated heterocycles. The molecular formula is C3H6N5+. The Hall–Kier alpha value is -1.48. The van der Waals surface area contributed by atoms with Crippen LogP contribution in [0.2, 0.25) is 0 Å². The Morgan fingerprint density at radius 3 is 2.25 bits per heavy atom. The Labute approximate surface area is 45.8 Å². The first kappa shape index (κ1) is 6.52. The highest BCUT2D eigenvalue weighted by molar-refractivity contribution is 4.72. The third kappa shape index (κ3) is 4.52. The van der Waals surface area contributed by atoms with Crippen LogP contribution in [0.15, 0.2) is 18.5 Å². The van der Waals surface area contributed by atoms with Gasteiger partial charge in [0.05, 0.1) is 0 Å². The maximum atomic E-state index is 5.50. The van der Waals surface area contributed by atoms with Crippen LogP contribution in [0.5, 0.6) is 0 Å². The lowest BCUT2D eigenvalue weighted by Gasteiger charge is -1.49. The lowest BCUT2D eigenvalue weighted by atomic mass is 10.8. The predicted molar refractivity (Wildman–Crippen MR) is 26.2 cm³/mol. The van der Waals surface area contributed by atoms with E-state index in [1.807, 2.05) is 11.0 Å². The van der Waals surface area contributed by atoms with Crippen LogP contribution >= 0.6 is 0 Å². The molecule has 42 valence electrons. The van der Waals surface area contributed by atoms with Crippen molar-refractivity contribution in [2.75, 3.05) is 0 Å². The molecule has 0 unspecified atom stereocenters. The summed E-state index contributed by atoms with van der Waals surface area (Å²) in [5.74, 6) is 0. The van der Waals surface area contributed by atoms with Crippen molar-refractivity contribution < 1.29 is 0 Å². The van der Waals surface area contributed by atoms with Gasteiger partial charge in [-0.2, -0.15) is 5.10 Å². The largest absolute Gasteiger partial charge is 0.286 e. The molecule has 1 heterocycles. The number of rotatable bonds is 0. The molecule has 8 heavy (non-hydrogen) atoms. The molecule has 0 bridgehead atoms. The first-order chi connectivity index (χ1) is 3.91. The van der Waals surface area contributed by atoms with Gasteiger partial charge in [0.1, 0.15) is 11.1 Å². The molecule has 0 fully saturated rings. The van der Waals surface area contributed by atoms with Crippen LogP contribution in [-0.4, -0.2) is 10.2 Å². The van der Waals surface area contributed by atoms with Gasteiger partial charge in [-0.25, -0.2) is 0 Å². The first-order valence-electron chi connectivity index (χ1n) is 1.88. The van der Waals surface area contributed by atoms with Crippen LogP contribution in [0.25, 0.3) is 0 Å². The summed E-state index contributed by atoms with van der Waals surface area (Å²) in [6.07, 6.45) is 3.46. The Balaban J connectivity index is 0.000000145. The van der Waals surface area contributed by atoms with E-state index in [4.69, 9.17) is 11.1 Å². The van der Waals surface area contributed by atoms with E-state index in [-0.39, 0.29) is 0 Å². The van der Waals surface area contributed by atoms with Gasteiger partial charge in [0.2, 0.25) is 4.91 Å². The maximum absolute atomic E-state index is 5.50. The third-order valence-corrected chi connectivity index (χ3v) is 0.406. The van der Waals surface area contributed by atoms with Crippen LogP contribution in [0.4, 0.5) is 0 Å². The first-order valence-corrected chi connectivity index (χ1v) is 1.88. The fraction of sp³-hybridized carbons (Fsp3) is 0. The monoisotopic (exact) mass is 112 g/mol. The molecule has 0 saturated carbocycles. The molecular weight excluding hydrogens is 106 g/mol. The Kier molecular flexibility index (Phi) is 4.50. The molecule has 0 atom stereocenters. The van der Waals surface area contributed by atoms with Crippen molar-refractivity contribution in [2.24, 2.45) is 0 Å². The summed E-state index contributed by atoms with van der Waals surface area (Å²) in [5, 5.41) is 6.21. The van der Waals surface area contributed by atoms with Crippen molar-refractivity contribution >= 4 is 0 Å². The third-order valence-electron chi connectivity index (χ3n) is 0.406. The van der Waals surface area contributed by atoms with Gasteiger partial charge in [0, 0.05) is 12.4 Å². The van der Waals surface area contributed by atoms with Crippen molar-refractivity contribution in [3.63, 3.8) is 0 Å². The van der Waals surface area contributed by atoms with E-state index in [1.165, 1.54) is 0 Å². The number of nitrogens with zero attached hydrogens (tertiary/aromatic N) is 2. The Bertz CT molecular complexity index is 119. The minimum Gasteiger partial charge on any atom is -0.286 e. The smallest absolute Gasteiger partial charge is 0.211 e. The van der Waals surface area contributed by atoms with Crippen LogP contribution < -0.4 is 4.91 Å². The summed E-state index contributed by atoms with van der Waals surface area (Å²) >= 11 is 0. The molecule has 0 amide bonds. The fourth-order valence-electron chi connectivity index (χ4n) is 0.215. The fourth-order valence-corrected chi connectivity index (χ4v) is 0.215. The second kappa shape index (κ2) is 5.52. The highest BCUT2D eigenvalue weighted by Crippen LogP contribution is 1.64. The van der Waals surface area contributed by atoms with E-state index in [9.17, 15) is 0 Å². The molecule has 0 aromatic carbocycles. The lowest BCUT2D eigenvalue weighted by molar-refractivity contribution is 0.928. The SMILES string of the molecule is N=[N+]=N.c1cn[nH]c1. The van der Waals surface area contributed by atoms with Crippen LogP contribution in [0.3, 0.4) is 0 Å². The van der Waals surface area contributed by atoms with Gasteiger partial charge >= 0.3 is 0 Å². The van der Waals surface area contributed by atoms with Crippen molar-refractivity contribution in [3.8, 4) is 0 Å². The van der Waals surface area contributed by atoms with Crippen molar-refractivity contribution in [2.45, 2.75) is 0 Å². The molecule has 0 radical (unpaired) electrons. The highest BCUT2D eigenvalue weighted by atomic mass is 15.1. The Morgan fingerprint density at radius 2 is 2.12 bits per heavy atom. The van der Waals surface area contributed by atoms with Gasteiger partial charge in [0.15, 0.2) is 0 Å². The van der Waals surface area contributed by atoms with E-state index in [1.54, 1.807) is 12.4 Å². The molecule has 5 heteroatoms. The van der Waals surface area contributed by atoms with E-state index >= 15 is 0 Å². The zero-order chi connectivity index (χ0) is 6.24. The number of aromatic nitrogens is 2. The van der Waals surface area contributed by atoms with E-state index < -0.39 is 0 Å². The zero-order valence-electron chi connectivity index (χ0n) is 4.13. The van der Waals surface area contributed by atoms with Gasteiger partial charge in [-0.3, -0.25) is 5.10 Å². The normalized spacial score (nSPS) is 6.00. The quantitative estimate of drug-likeness (QED) is 0.331. The number of aromatic amines is 1. The molecule has 1 aromatic rings. The molecule has 0 aliphatic rings. The van der Waals surface area contributed by atoms with Gasteiger partial charge in [-0.15, -0.1) is 0 Å². The van der Waals surface area contributed by atoms with Gasteiger partial charge in [0.25, 0.3) is 0 Å². The van der Waals surface area contributed by atoms with Crippen LogP contribution in [0.1, 0.15) is 0 Å². The molecule has 3 N–H and O–H groups in total. The zero-order valence-corrected chi connectivity index (χ0v) is 4.13. The summed E-state index contributed by atoms with van der Waals surface area (Å²) in [5.41, 5.74) is 11.0. The maximum Gasteiger partial charge on any atom is 0.211 e. The average molecular weight is 112 g/mol. The number of hydrogen-bond donors (Lipinski definition) is 3. The minimum absolute atomic E-state index is 1.69. The summed E-state index contributed by atoms with van der Waals surface area (Å²) in [6, 6.07) is 1.83. The van der Waals surface area contributed by atoms with E-state index in [0.717, 1.165) is 0 Å². The summed E-state index contributed by atoms with van der Waals surface area (Å²) < 4.78 is 0. The van der Waals surface area contributed by atoms with E-state index in [0.29, 0.717) is 0 Å². The lowest BCUT2D eigenvalue weighted by Crippen LogP contribution is -1.53. The number of H-pyrrole nitrogens is 1. The predicted octanol–water partition coefficient (Wildman–Crippen LogP) is 0.525. The second-order valence-corrected chi connectivity index (χ2v) is 0.878. The molecule has 0 aliphatic heterocycles. The van der Waals surface area contributed by atoms with E-state index in [2.05, 4.69) is 10.2 Å². The van der Waals surface area contributed by atoms with Crippen molar-refractivity contribution in [1.29, 1.82) is 11.1 Å². The topological polar surface area (TPSA) is 90.5 Å². The molecule has 0 aliphatic carbocycles. The summed E-state index contributed by atoms with van der Waals surface area (Å²) in [7, 11) is 0. The van der Waals surface area contributed by atoms with Gasteiger partial charge in [-0.1, -0.05) is 0 Å². The molecule has 0 spiro atoms. The summed E-state index contributed by atoms with van der Waals surface area (Å²) in [6.45, 7) is 0. The molecule has 1 rings (SSSR count). The standard InChI is InChI=1S/C3H4N2.H2N3/c1-2-4-5-3-1;1-3-2/h1-3H,(H,4,5);1-2H/q;+1. The second-order valence-electron chi connectivity index (χ2n) is 0.878. The van der Waals surface area contributed by atoms with Crippen molar-refractivity contribution in [1.82, 2.24) is 15.1 Å². The average Bonchev–Trinajstić information content (AvgIpc) is 2.17. The highest BCUT2D eigenvalue weighted by Gasteiger charge is 1.56. The number of nitrogens with one attached hydrogen (secondary N) is 3. The van der Waals surface area contributed by atoms with Crippen molar-refractivity contribution in [3.05, 3.63) is 18.5 Å². The number of hydrogen-bond acceptors (Lipinski definition) is 3. The molecule has 1 aromatic heterocycles. The minimum atomic E-state index is 1.69. The summed E-state index contributed by atoms with van der Waals surface area (Å²) in [4.78, 5) is 2.00. The van der Waals surface area contributed by atoms with Gasteiger partial charge in [-0.05, 0) is 6.07 Å². The van der Waals surface area contributed by atoms with Crippen LogP contribution in [0, 0.1) is 11.1 Å². The Morgan fingerprint density at radius 1 is 1.50 bits per heavy atom. The van der Waals surface area contributed by atoms with Gasteiger partial charge < -0.3 is 0 Å². The molecule has 5 nitrogen and oxygen atoms in total. The van der Waals surface area contributed by atoms with Crippen LogP contribution in [-0.2, 0) is 0 Å².